The largest absolute Gasteiger partial charge is 0.330 e. The third-order valence-corrected chi connectivity index (χ3v) is 3.89. The van der Waals surface area contributed by atoms with E-state index >= 15 is 0 Å². The van der Waals surface area contributed by atoms with Gasteiger partial charge in [-0.05, 0) is 50.6 Å². The Labute approximate surface area is 104 Å². The highest BCUT2D eigenvalue weighted by Gasteiger charge is 2.48. The molecule has 3 nitrogen and oxygen atoms in total. The zero-order chi connectivity index (χ0) is 12.6. The van der Waals surface area contributed by atoms with Crippen molar-refractivity contribution >= 4 is 0 Å². The molecule has 1 atom stereocenters. The highest BCUT2D eigenvalue weighted by atomic mass is 14.9. The van der Waals surface area contributed by atoms with Gasteiger partial charge >= 0.3 is 0 Å². The second kappa shape index (κ2) is 4.37. The number of hydrogen-bond donors (Lipinski definition) is 1. The van der Waals surface area contributed by atoms with Gasteiger partial charge in [0.05, 0.1) is 0 Å². The first-order valence-electron chi connectivity index (χ1n) is 6.50. The van der Waals surface area contributed by atoms with Gasteiger partial charge in [-0.25, -0.2) is 9.97 Å². The number of nitrogens with zero attached hydrogens (tertiary/aromatic N) is 2. The van der Waals surface area contributed by atoms with Crippen molar-refractivity contribution in [2.45, 2.75) is 52.9 Å². The molecule has 1 aliphatic carbocycles. The predicted molar refractivity (Wildman–Crippen MR) is 70.0 cm³/mol. The number of nitrogens with two attached hydrogens (primary N) is 1. The SMILES string of the molecule is Cc1nc(C2CC2(C)C)nc(C)c1CCCN. The Kier molecular flexibility index (Phi) is 3.21. The predicted octanol–water partition coefficient (Wildman–Crippen LogP) is 2.50. The summed E-state index contributed by atoms with van der Waals surface area (Å²) in [4.78, 5) is 9.39. The first-order chi connectivity index (χ1) is 7.95. The number of aromatic nitrogens is 2. The second-order valence-electron chi connectivity index (χ2n) is 5.87. The van der Waals surface area contributed by atoms with Gasteiger partial charge in [0.2, 0.25) is 0 Å². The molecule has 1 heterocycles. The summed E-state index contributed by atoms with van der Waals surface area (Å²) in [7, 11) is 0. The maximum Gasteiger partial charge on any atom is 0.132 e. The molecule has 2 N–H and O–H groups in total. The standard InChI is InChI=1S/C14H23N3/c1-9-11(6-5-7-15)10(2)17-13(16-9)12-8-14(12,3)4/h12H,5-8,15H2,1-4H3. The third kappa shape index (κ3) is 2.49. The molecule has 0 radical (unpaired) electrons. The fraction of sp³-hybridized carbons (Fsp3) is 0.714. The molecule has 1 unspecified atom stereocenters. The number of hydrogen-bond acceptors (Lipinski definition) is 3. The molecule has 17 heavy (non-hydrogen) atoms. The molecular weight excluding hydrogens is 210 g/mol. The molecule has 0 amide bonds. The van der Waals surface area contributed by atoms with Gasteiger partial charge in [-0.3, -0.25) is 0 Å². The Morgan fingerprint density at radius 1 is 1.24 bits per heavy atom. The molecule has 1 fully saturated rings. The summed E-state index contributed by atoms with van der Waals surface area (Å²) in [6.07, 6.45) is 3.23. The van der Waals surface area contributed by atoms with Crippen molar-refractivity contribution in [1.29, 1.82) is 0 Å². The van der Waals surface area contributed by atoms with Crippen molar-refractivity contribution in [3.63, 3.8) is 0 Å². The van der Waals surface area contributed by atoms with E-state index in [1.807, 2.05) is 0 Å². The summed E-state index contributed by atoms with van der Waals surface area (Å²) in [6, 6.07) is 0. The monoisotopic (exact) mass is 233 g/mol. The fourth-order valence-corrected chi connectivity index (χ4v) is 2.47. The van der Waals surface area contributed by atoms with Crippen LogP contribution in [-0.4, -0.2) is 16.5 Å². The van der Waals surface area contributed by atoms with Gasteiger partial charge in [0, 0.05) is 17.3 Å². The van der Waals surface area contributed by atoms with E-state index in [1.54, 1.807) is 0 Å². The first kappa shape index (κ1) is 12.5. The van der Waals surface area contributed by atoms with Gasteiger partial charge in [0.15, 0.2) is 0 Å². The molecule has 94 valence electrons. The average Bonchev–Trinajstić information content (AvgIpc) is 2.86. The van der Waals surface area contributed by atoms with Crippen molar-refractivity contribution in [2.75, 3.05) is 6.54 Å². The minimum absolute atomic E-state index is 0.400. The van der Waals surface area contributed by atoms with E-state index < -0.39 is 0 Å². The molecule has 1 aromatic rings. The highest BCUT2D eigenvalue weighted by molar-refractivity contribution is 5.27. The molecule has 2 rings (SSSR count). The number of rotatable bonds is 4. The first-order valence-corrected chi connectivity index (χ1v) is 6.50. The summed E-state index contributed by atoms with van der Waals surface area (Å²) in [5, 5.41) is 0. The van der Waals surface area contributed by atoms with Gasteiger partial charge in [0.25, 0.3) is 0 Å². The van der Waals surface area contributed by atoms with Crippen LogP contribution in [0.2, 0.25) is 0 Å². The maximum absolute atomic E-state index is 5.56. The Morgan fingerprint density at radius 2 is 1.76 bits per heavy atom. The normalized spacial score (nSPS) is 21.6. The Hall–Kier alpha value is -0.960. The molecule has 3 heteroatoms. The van der Waals surface area contributed by atoms with E-state index in [0.717, 1.165) is 36.6 Å². The second-order valence-corrected chi connectivity index (χ2v) is 5.87. The molecule has 1 aliphatic rings. The van der Waals surface area contributed by atoms with Crippen LogP contribution in [-0.2, 0) is 6.42 Å². The molecule has 0 spiro atoms. The molecular formula is C14H23N3. The number of aryl methyl sites for hydroxylation is 2. The van der Waals surface area contributed by atoms with E-state index in [2.05, 4.69) is 27.7 Å². The Bertz CT molecular complexity index is 400. The van der Waals surface area contributed by atoms with Crippen LogP contribution < -0.4 is 5.73 Å². The topological polar surface area (TPSA) is 51.8 Å². The molecule has 0 bridgehead atoms. The van der Waals surface area contributed by atoms with Crippen LogP contribution in [0.5, 0.6) is 0 Å². The summed E-state index contributed by atoms with van der Waals surface area (Å²) in [5.41, 5.74) is 9.53. The van der Waals surface area contributed by atoms with Crippen LogP contribution in [0.15, 0.2) is 0 Å². The van der Waals surface area contributed by atoms with E-state index in [0.29, 0.717) is 11.3 Å². The zero-order valence-electron chi connectivity index (χ0n) is 11.4. The van der Waals surface area contributed by atoms with Crippen LogP contribution in [0.1, 0.15) is 55.4 Å². The van der Waals surface area contributed by atoms with Gasteiger partial charge in [0.1, 0.15) is 5.82 Å². The van der Waals surface area contributed by atoms with Gasteiger partial charge in [-0.15, -0.1) is 0 Å². The third-order valence-electron chi connectivity index (χ3n) is 3.89. The molecule has 0 saturated heterocycles. The minimum Gasteiger partial charge on any atom is -0.330 e. The lowest BCUT2D eigenvalue weighted by atomic mass is 10.1. The molecule has 0 aromatic carbocycles. The summed E-state index contributed by atoms with van der Waals surface area (Å²) < 4.78 is 0. The molecule has 1 saturated carbocycles. The van der Waals surface area contributed by atoms with E-state index in [9.17, 15) is 0 Å². The van der Waals surface area contributed by atoms with Crippen molar-refractivity contribution in [3.8, 4) is 0 Å². The zero-order valence-corrected chi connectivity index (χ0v) is 11.4. The molecule has 1 aromatic heterocycles. The van der Waals surface area contributed by atoms with Crippen molar-refractivity contribution < 1.29 is 0 Å². The van der Waals surface area contributed by atoms with E-state index in [1.165, 1.54) is 12.0 Å². The quantitative estimate of drug-likeness (QED) is 0.869. The van der Waals surface area contributed by atoms with Crippen molar-refractivity contribution in [1.82, 2.24) is 9.97 Å². The molecule has 0 aliphatic heterocycles. The van der Waals surface area contributed by atoms with Crippen molar-refractivity contribution in [2.24, 2.45) is 11.1 Å². The van der Waals surface area contributed by atoms with Gasteiger partial charge in [-0.2, -0.15) is 0 Å². The van der Waals surface area contributed by atoms with E-state index in [-0.39, 0.29) is 0 Å². The van der Waals surface area contributed by atoms with Crippen LogP contribution in [0.25, 0.3) is 0 Å². The lowest BCUT2D eigenvalue weighted by molar-refractivity contribution is 0.605. The van der Waals surface area contributed by atoms with Crippen LogP contribution in [0.3, 0.4) is 0 Å². The van der Waals surface area contributed by atoms with Gasteiger partial charge < -0.3 is 5.73 Å². The Morgan fingerprint density at radius 3 is 2.18 bits per heavy atom. The average molecular weight is 233 g/mol. The van der Waals surface area contributed by atoms with Gasteiger partial charge in [-0.1, -0.05) is 13.8 Å². The Balaban J connectivity index is 2.23. The van der Waals surface area contributed by atoms with Crippen LogP contribution in [0, 0.1) is 19.3 Å². The van der Waals surface area contributed by atoms with Crippen molar-refractivity contribution in [3.05, 3.63) is 22.8 Å². The summed E-state index contributed by atoms with van der Waals surface area (Å²) in [6.45, 7) is 9.50. The summed E-state index contributed by atoms with van der Waals surface area (Å²) in [5.74, 6) is 1.60. The lowest BCUT2D eigenvalue weighted by Gasteiger charge is -2.11. The van der Waals surface area contributed by atoms with E-state index in [4.69, 9.17) is 15.7 Å². The maximum atomic E-state index is 5.56. The van der Waals surface area contributed by atoms with Crippen LogP contribution >= 0.6 is 0 Å². The van der Waals surface area contributed by atoms with Crippen LogP contribution in [0.4, 0.5) is 0 Å². The minimum atomic E-state index is 0.400. The lowest BCUT2D eigenvalue weighted by Crippen LogP contribution is -2.08. The smallest absolute Gasteiger partial charge is 0.132 e. The highest BCUT2D eigenvalue weighted by Crippen LogP contribution is 2.57. The summed E-state index contributed by atoms with van der Waals surface area (Å²) >= 11 is 0. The fourth-order valence-electron chi connectivity index (χ4n) is 2.47.